The summed E-state index contributed by atoms with van der Waals surface area (Å²) in [5.74, 6) is 2.97. The maximum Gasteiger partial charge on any atom is 2.00 e. The van der Waals surface area contributed by atoms with Gasteiger partial charge in [0.05, 0.1) is 18.3 Å². The summed E-state index contributed by atoms with van der Waals surface area (Å²) in [6.07, 6.45) is 3.65. The maximum absolute atomic E-state index is 6.61. The summed E-state index contributed by atoms with van der Waals surface area (Å²) in [5, 5.41) is 0. The van der Waals surface area contributed by atoms with Crippen molar-refractivity contribution in [2.75, 3.05) is 11.5 Å². The summed E-state index contributed by atoms with van der Waals surface area (Å²) in [7, 11) is 0. The van der Waals surface area contributed by atoms with Crippen LogP contribution in [0, 0.1) is 25.0 Å². The molecule has 0 amide bonds. The van der Waals surface area contributed by atoms with Crippen molar-refractivity contribution >= 4 is 23.1 Å². The Labute approximate surface area is 304 Å². The fourth-order valence-corrected chi connectivity index (χ4v) is 6.49. The van der Waals surface area contributed by atoms with Crippen LogP contribution in [0.4, 0.5) is 17.2 Å². The molecule has 0 saturated heterocycles. The van der Waals surface area contributed by atoms with Crippen LogP contribution in [0.5, 0.6) is 11.5 Å². The van der Waals surface area contributed by atoms with Gasteiger partial charge in [-0.2, -0.15) is 5.56 Å². The van der Waals surface area contributed by atoms with Crippen LogP contribution >= 0.6 is 0 Å². The summed E-state index contributed by atoms with van der Waals surface area (Å²) in [4.78, 5) is 16.6. The Bertz CT molecular complexity index is 2030. The van der Waals surface area contributed by atoms with E-state index in [0.717, 1.165) is 39.6 Å². The molecule has 0 unspecified atom stereocenters. The molecule has 3 aromatic carbocycles. The number of rotatable bonds is 6. The average Bonchev–Trinajstić information content (AvgIpc) is 3.56. The Morgan fingerprint density at radius 2 is 1.67 bits per heavy atom. The molecule has 0 fully saturated rings. The van der Waals surface area contributed by atoms with Gasteiger partial charge in [0.2, 0.25) is 0 Å². The minimum absolute atomic E-state index is 0. The van der Waals surface area contributed by atoms with Gasteiger partial charge in [0.25, 0.3) is 0 Å². The first-order valence-electron chi connectivity index (χ1n) is 16.7. The number of hydrogen-bond donors (Lipinski definition) is 0. The fourth-order valence-electron chi connectivity index (χ4n) is 6.49. The average molecular weight is 830 g/mol. The van der Waals surface area contributed by atoms with Gasteiger partial charge in [0.15, 0.2) is 0 Å². The SMILES string of the molecule is Cc1cc(Oc2[c-]c(C3=N[C@H](C(C)C)CO3)cc(-c3ccccn3)c2)[c-]c(N2c3ccc(C(C)(C)C)cc3C(C)(C)c3cccnc32)c1.[Pt+2]. The predicted molar refractivity (Wildman–Crippen MR) is 193 cm³/mol. The van der Waals surface area contributed by atoms with Gasteiger partial charge in [-0.3, -0.25) is 9.98 Å². The van der Waals surface area contributed by atoms with Gasteiger partial charge in [0.1, 0.15) is 11.7 Å². The number of anilines is 3. The number of aliphatic imine (C=N–C) groups is 1. The predicted octanol–water partition coefficient (Wildman–Crippen LogP) is 10.1. The summed E-state index contributed by atoms with van der Waals surface area (Å²) in [6.45, 7) is 18.3. The molecular weight excluding hydrogens is 788 g/mol. The third-order valence-electron chi connectivity index (χ3n) is 9.36. The van der Waals surface area contributed by atoms with Crippen molar-refractivity contribution in [1.29, 1.82) is 0 Å². The second-order valence-electron chi connectivity index (χ2n) is 14.7. The number of fused-ring (bicyclic) bond motifs is 2. The minimum atomic E-state index is -0.239. The zero-order valence-corrected chi connectivity index (χ0v) is 31.6. The number of aryl methyl sites for hydroxylation is 1. The summed E-state index contributed by atoms with van der Waals surface area (Å²) in [6, 6.07) is 32.2. The second-order valence-corrected chi connectivity index (χ2v) is 14.7. The Morgan fingerprint density at radius 3 is 2.39 bits per heavy atom. The van der Waals surface area contributed by atoms with Crippen LogP contribution in [0.2, 0.25) is 0 Å². The molecular formula is C42H42N4O2Pt. The van der Waals surface area contributed by atoms with Gasteiger partial charge in [-0.1, -0.05) is 109 Å². The van der Waals surface area contributed by atoms with Crippen LogP contribution in [0.25, 0.3) is 11.3 Å². The minimum Gasteiger partial charge on any atom is -0.518 e. The van der Waals surface area contributed by atoms with E-state index < -0.39 is 0 Å². The van der Waals surface area contributed by atoms with Crippen molar-refractivity contribution in [1.82, 2.24) is 9.97 Å². The Hall–Kier alpha value is -4.28. The molecule has 252 valence electrons. The van der Waals surface area contributed by atoms with Crippen molar-refractivity contribution in [3.8, 4) is 22.8 Å². The van der Waals surface area contributed by atoms with E-state index in [1.165, 1.54) is 16.7 Å². The van der Waals surface area contributed by atoms with Crippen LogP contribution in [-0.2, 0) is 36.6 Å². The van der Waals surface area contributed by atoms with Gasteiger partial charge in [-0.25, -0.2) is 4.98 Å². The first kappa shape index (κ1) is 34.6. The van der Waals surface area contributed by atoms with Crippen molar-refractivity contribution in [2.24, 2.45) is 10.9 Å². The first-order chi connectivity index (χ1) is 22.9. The topological polar surface area (TPSA) is 59.8 Å². The molecule has 1 atom stereocenters. The molecule has 6 nitrogen and oxygen atoms in total. The van der Waals surface area contributed by atoms with Crippen LogP contribution in [0.3, 0.4) is 0 Å². The van der Waals surface area contributed by atoms with Crippen molar-refractivity contribution < 1.29 is 30.5 Å². The number of ether oxygens (including phenoxy) is 2. The second kappa shape index (κ2) is 13.2. The van der Waals surface area contributed by atoms with E-state index in [1.807, 2.05) is 48.7 Å². The Morgan fingerprint density at radius 1 is 0.898 bits per heavy atom. The van der Waals surface area contributed by atoms with E-state index in [0.29, 0.717) is 29.9 Å². The molecule has 0 bridgehead atoms. The summed E-state index contributed by atoms with van der Waals surface area (Å²) in [5.41, 5.74) is 8.95. The first-order valence-corrected chi connectivity index (χ1v) is 16.7. The van der Waals surface area contributed by atoms with E-state index in [4.69, 9.17) is 19.5 Å². The molecule has 0 N–H and O–H groups in total. The third kappa shape index (κ3) is 6.68. The zero-order chi connectivity index (χ0) is 33.8. The summed E-state index contributed by atoms with van der Waals surface area (Å²) >= 11 is 0. The number of pyridine rings is 2. The van der Waals surface area contributed by atoms with E-state index in [2.05, 4.69) is 108 Å². The van der Waals surface area contributed by atoms with E-state index >= 15 is 0 Å². The Balaban J connectivity index is 0.00000417. The zero-order valence-electron chi connectivity index (χ0n) is 29.4. The van der Waals surface area contributed by atoms with Gasteiger partial charge in [-0.15, -0.1) is 24.3 Å². The van der Waals surface area contributed by atoms with Crippen molar-refractivity contribution in [3.05, 3.63) is 125 Å². The Kier molecular flexibility index (Phi) is 9.32. The van der Waals surface area contributed by atoms with Crippen LogP contribution in [-0.4, -0.2) is 28.5 Å². The maximum atomic E-state index is 6.61. The van der Waals surface area contributed by atoms with Gasteiger partial charge < -0.3 is 14.4 Å². The number of hydrogen-bond acceptors (Lipinski definition) is 6. The van der Waals surface area contributed by atoms with E-state index in [9.17, 15) is 0 Å². The normalized spacial score (nSPS) is 16.3. The molecule has 0 spiro atoms. The van der Waals surface area contributed by atoms with Crippen LogP contribution in [0.1, 0.15) is 76.3 Å². The molecule has 5 aromatic rings. The molecule has 2 aliphatic rings. The number of benzene rings is 3. The van der Waals surface area contributed by atoms with Crippen LogP contribution < -0.4 is 9.64 Å². The molecule has 7 rings (SSSR count). The van der Waals surface area contributed by atoms with Gasteiger partial charge in [-0.05, 0) is 46.7 Å². The molecule has 2 aliphatic heterocycles. The molecule has 2 aromatic heterocycles. The molecule has 0 saturated carbocycles. The fraction of sp³-hybridized carbons (Fsp3) is 0.310. The smallest absolute Gasteiger partial charge is 0.518 e. The van der Waals surface area contributed by atoms with Gasteiger partial charge >= 0.3 is 21.1 Å². The van der Waals surface area contributed by atoms with E-state index in [-0.39, 0.29) is 37.9 Å². The van der Waals surface area contributed by atoms with Crippen molar-refractivity contribution in [3.63, 3.8) is 0 Å². The number of aromatic nitrogens is 2. The van der Waals surface area contributed by atoms with Crippen LogP contribution in [0.15, 0.2) is 90.2 Å². The number of nitrogens with zero attached hydrogens (tertiary/aromatic N) is 4. The van der Waals surface area contributed by atoms with E-state index in [1.54, 1.807) is 6.20 Å². The standard InChI is InChI=1S/C42H42N4O2.Pt/c1-26(2)37-25-47-40(45-37)29-20-28(36-13-9-10-16-43-36)21-33(22-29)48-32-19-27(3)18-31(24-32)46-38-15-14-30(41(4,5)6)23-35(38)42(7,8)34-12-11-17-44-39(34)46;/h9-21,23,26,37H,25H2,1-8H3;/q-2;+2/t37-;/m0./s1. The van der Waals surface area contributed by atoms with Crippen molar-refractivity contribution in [2.45, 2.75) is 72.3 Å². The molecule has 49 heavy (non-hydrogen) atoms. The monoisotopic (exact) mass is 829 g/mol. The largest absolute Gasteiger partial charge is 2.00 e. The quantitative estimate of drug-likeness (QED) is 0.160. The van der Waals surface area contributed by atoms with Gasteiger partial charge in [0, 0.05) is 40.6 Å². The third-order valence-corrected chi connectivity index (χ3v) is 9.36. The molecule has 0 aliphatic carbocycles. The molecule has 4 heterocycles. The molecule has 7 heteroatoms. The molecule has 0 radical (unpaired) electrons. The summed E-state index contributed by atoms with van der Waals surface area (Å²) < 4.78 is 12.7.